The van der Waals surface area contributed by atoms with Crippen molar-refractivity contribution < 1.29 is 9.59 Å². The van der Waals surface area contributed by atoms with E-state index in [1.54, 1.807) is 6.92 Å². The van der Waals surface area contributed by atoms with Gasteiger partial charge in [-0.25, -0.2) is 0 Å². The van der Waals surface area contributed by atoms with Crippen LogP contribution in [-0.4, -0.2) is 96.9 Å². The Kier molecular flexibility index (Phi) is 8.78. The summed E-state index contributed by atoms with van der Waals surface area (Å²) in [7, 11) is 0. The Balaban J connectivity index is 1.31. The fraction of sp³-hybridized carbons (Fsp3) is 0.692. The Hall–Kier alpha value is -1.34. The Bertz CT molecular complexity index is 868. The van der Waals surface area contributed by atoms with E-state index >= 15 is 0 Å². The van der Waals surface area contributed by atoms with Crippen LogP contribution in [0.3, 0.4) is 0 Å². The molecule has 188 valence electrons. The highest BCUT2D eigenvalue weighted by atomic mass is 35.5. The van der Waals surface area contributed by atoms with E-state index in [1.165, 1.54) is 5.56 Å². The molecule has 2 amide bonds. The van der Waals surface area contributed by atoms with Crippen LogP contribution in [0, 0.1) is 0 Å². The molecule has 3 aliphatic rings. The number of hydrogen-bond acceptors (Lipinski definition) is 4. The number of piperidine rings is 1. The zero-order valence-electron chi connectivity index (χ0n) is 20.4. The number of carbonyl (C=O) groups excluding carboxylic acids is 2. The molecule has 0 bridgehead atoms. The largest absolute Gasteiger partial charge is 0.342 e. The van der Waals surface area contributed by atoms with Crippen molar-refractivity contribution >= 4 is 35.0 Å². The Morgan fingerprint density at radius 2 is 1.56 bits per heavy atom. The minimum atomic E-state index is -0.0812. The fourth-order valence-electron chi connectivity index (χ4n) is 5.88. The number of carbonyl (C=O) groups is 2. The summed E-state index contributed by atoms with van der Waals surface area (Å²) >= 11 is 12.6. The van der Waals surface area contributed by atoms with Gasteiger partial charge in [0.25, 0.3) is 0 Å². The number of halogens is 2. The molecule has 6 nitrogen and oxygen atoms in total. The summed E-state index contributed by atoms with van der Waals surface area (Å²) in [6, 6.07) is 5.98. The van der Waals surface area contributed by atoms with Gasteiger partial charge in [0.15, 0.2) is 0 Å². The summed E-state index contributed by atoms with van der Waals surface area (Å²) in [6.07, 6.45) is 6.44. The highest BCUT2D eigenvalue weighted by Crippen LogP contribution is 2.40. The van der Waals surface area contributed by atoms with Gasteiger partial charge < -0.3 is 14.7 Å². The van der Waals surface area contributed by atoms with Crippen LogP contribution in [-0.2, 0) is 15.0 Å². The third-order valence-electron chi connectivity index (χ3n) is 7.97. The van der Waals surface area contributed by atoms with Crippen LogP contribution in [0.2, 0.25) is 10.0 Å². The van der Waals surface area contributed by atoms with Crippen molar-refractivity contribution in [2.75, 3.05) is 65.4 Å². The van der Waals surface area contributed by atoms with Gasteiger partial charge in [0, 0.05) is 64.7 Å². The molecule has 4 rings (SSSR count). The van der Waals surface area contributed by atoms with Gasteiger partial charge in [0.05, 0.1) is 16.6 Å². The zero-order valence-corrected chi connectivity index (χ0v) is 21.9. The third-order valence-corrected chi connectivity index (χ3v) is 8.71. The van der Waals surface area contributed by atoms with Crippen molar-refractivity contribution in [3.05, 3.63) is 33.8 Å². The fourth-order valence-corrected chi connectivity index (χ4v) is 6.18. The lowest BCUT2D eigenvalue weighted by Gasteiger charge is -2.44. The van der Waals surface area contributed by atoms with Crippen molar-refractivity contribution in [3.8, 4) is 0 Å². The molecule has 0 spiro atoms. The molecule has 3 fully saturated rings. The summed E-state index contributed by atoms with van der Waals surface area (Å²) in [5.74, 6) is 0.436. The number of rotatable bonds is 7. The SMILES string of the molecule is CC(=O)N1CCCC(CCCN2CCN(CC(=O)N3CCCC3)CC2)(c2ccc(Cl)c(Cl)c2)C1. The summed E-state index contributed by atoms with van der Waals surface area (Å²) in [6.45, 7) is 10.6. The van der Waals surface area contributed by atoms with Gasteiger partial charge in [-0.05, 0) is 62.8 Å². The van der Waals surface area contributed by atoms with Crippen molar-refractivity contribution in [3.63, 3.8) is 0 Å². The maximum atomic E-state index is 12.5. The van der Waals surface area contributed by atoms with Crippen molar-refractivity contribution in [2.24, 2.45) is 0 Å². The van der Waals surface area contributed by atoms with E-state index < -0.39 is 0 Å². The van der Waals surface area contributed by atoms with Gasteiger partial charge >= 0.3 is 0 Å². The number of hydrogen-bond donors (Lipinski definition) is 0. The molecule has 3 aliphatic heterocycles. The molecule has 0 aliphatic carbocycles. The number of likely N-dealkylation sites (tertiary alicyclic amines) is 2. The van der Waals surface area contributed by atoms with Gasteiger partial charge in [-0.3, -0.25) is 14.5 Å². The highest BCUT2D eigenvalue weighted by Gasteiger charge is 2.38. The van der Waals surface area contributed by atoms with Crippen molar-refractivity contribution in [1.82, 2.24) is 19.6 Å². The predicted molar refractivity (Wildman–Crippen MR) is 138 cm³/mol. The van der Waals surface area contributed by atoms with Gasteiger partial charge in [-0.2, -0.15) is 0 Å². The molecule has 1 atom stereocenters. The minimum absolute atomic E-state index is 0.0812. The minimum Gasteiger partial charge on any atom is -0.342 e. The number of benzene rings is 1. The molecule has 3 heterocycles. The zero-order chi connectivity index (χ0) is 24.1. The molecule has 1 aromatic rings. The van der Waals surface area contributed by atoms with Crippen LogP contribution in [0.1, 0.15) is 51.0 Å². The van der Waals surface area contributed by atoms with Gasteiger partial charge in [-0.1, -0.05) is 29.3 Å². The van der Waals surface area contributed by atoms with E-state index in [0.717, 1.165) is 97.4 Å². The lowest BCUT2D eigenvalue weighted by Crippen LogP contribution is -2.50. The van der Waals surface area contributed by atoms with E-state index in [1.807, 2.05) is 21.9 Å². The molecule has 0 radical (unpaired) electrons. The Morgan fingerprint density at radius 1 is 0.882 bits per heavy atom. The summed E-state index contributed by atoms with van der Waals surface area (Å²) in [5.41, 5.74) is 1.11. The lowest BCUT2D eigenvalue weighted by atomic mass is 9.71. The molecule has 0 N–H and O–H groups in total. The van der Waals surface area contributed by atoms with E-state index in [2.05, 4.69) is 15.9 Å². The average molecular weight is 510 g/mol. The lowest BCUT2D eigenvalue weighted by molar-refractivity contribution is -0.132. The normalized spacial score (nSPS) is 24.6. The van der Waals surface area contributed by atoms with E-state index in [4.69, 9.17) is 23.2 Å². The van der Waals surface area contributed by atoms with E-state index in [0.29, 0.717) is 22.5 Å². The Labute approximate surface area is 214 Å². The number of amides is 2. The molecule has 0 saturated carbocycles. The smallest absolute Gasteiger partial charge is 0.236 e. The van der Waals surface area contributed by atoms with Crippen LogP contribution >= 0.6 is 23.2 Å². The molecule has 1 unspecified atom stereocenters. The molecule has 0 aromatic heterocycles. The average Bonchev–Trinajstić information content (AvgIpc) is 3.37. The quantitative estimate of drug-likeness (QED) is 0.560. The van der Waals surface area contributed by atoms with Crippen LogP contribution in [0.15, 0.2) is 18.2 Å². The maximum absolute atomic E-state index is 12.5. The molecule has 8 heteroatoms. The van der Waals surface area contributed by atoms with Crippen LogP contribution in [0.25, 0.3) is 0 Å². The molecule has 1 aromatic carbocycles. The highest BCUT2D eigenvalue weighted by molar-refractivity contribution is 6.42. The van der Waals surface area contributed by atoms with Crippen LogP contribution in [0.5, 0.6) is 0 Å². The first-order valence-corrected chi connectivity index (χ1v) is 13.6. The van der Waals surface area contributed by atoms with Gasteiger partial charge in [0.2, 0.25) is 11.8 Å². The van der Waals surface area contributed by atoms with Crippen LogP contribution in [0.4, 0.5) is 0 Å². The van der Waals surface area contributed by atoms with Gasteiger partial charge in [-0.15, -0.1) is 0 Å². The predicted octanol–water partition coefficient (Wildman–Crippen LogP) is 3.89. The molecule has 34 heavy (non-hydrogen) atoms. The third kappa shape index (κ3) is 6.26. The second-order valence-corrected chi connectivity index (χ2v) is 11.1. The standard InChI is InChI=1S/C26H38Cl2N4O2/c1-21(33)32-13-5-9-26(20-32,22-6-7-23(27)24(28)18-22)8-4-10-29-14-16-30(17-15-29)19-25(34)31-11-2-3-12-31/h6-7,18H,2-5,8-17,19-20H2,1H3. The molecule has 3 saturated heterocycles. The van der Waals surface area contributed by atoms with E-state index in [-0.39, 0.29) is 11.3 Å². The Morgan fingerprint density at radius 3 is 2.24 bits per heavy atom. The first-order chi connectivity index (χ1) is 16.4. The van der Waals surface area contributed by atoms with Crippen molar-refractivity contribution in [1.29, 1.82) is 0 Å². The topological polar surface area (TPSA) is 47.1 Å². The first-order valence-electron chi connectivity index (χ1n) is 12.8. The summed E-state index contributed by atoms with van der Waals surface area (Å²) < 4.78 is 0. The van der Waals surface area contributed by atoms with Gasteiger partial charge in [0.1, 0.15) is 0 Å². The van der Waals surface area contributed by atoms with Crippen LogP contribution < -0.4 is 0 Å². The number of nitrogens with zero attached hydrogens (tertiary/aromatic N) is 4. The number of piperazine rings is 1. The second kappa shape index (κ2) is 11.6. The summed E-state index contributed by atoms with van der Waals surface area (Å²) in [5, 5.41) is 1.15. The second-order valence-electron chi connectivity index (χ2n) is 10.3. The van der Waals surface area contributed by atoms with Crippen molar-refractivity contribution in [2.45, 2.75) is 50.9 Å². The summed E-state index contributed by atoms with van der Waals surface area (Å²) in [4.78, 5) is 33.5. The molecular weight excluding hydrogens is 471 g/mol. The monoisotopic (exact) mass is 508 g/mol. The van der Waals surface area contributed by atoms with E-state index in [9.17, 15) is 9.59 Å². The maximum Gasteiger partial charge on any atom is 0.236 e. The molecular formula is C26H38Cl2N4O2. The first kappa shape index (κ1) is 25.7.